The summed E-state index contributed by atoms with van der Waals surface area (Å²) in [6.07, 6.45) is 0.0393. The van der Waals surface area contributed by atoms with Crippen LogP contribution in [0.1, 0.15) is 31.3 Å². The van der Waals surface area contributed by atoms with Crippen LogP contribution < -0.4 is 4.74 Å². The number of ketones is 1. The molecule has 0 saturated heterocycles. The van der Waals surface area contributed by atoms with Gasteiger partial charge in [-0.2, -0.15) is 0 Å². The van der Waals surface area contributed by atoms with Crippen molar-refractivity contribution in [3.63, 3.8) is 0 Å². The monoisotopic (exact) mass is 213 g/mol. The Bertz CT molecular complexity index is 350. The highest BCUT2D eigenvalue weighted by Gasteiger charge is 2.08. The summed E-state index contributed by atoms with van der Waals surface area (Å²) in [6.45, 7) is 5.24. The highest BCUT2D eigenvalue weighted by atomic mass is 35.5. The molecule has 0 amide bonds. The second-order valence-electron chi connectivity index (χ2n) is 3.21. The van der Waals surface area contributed by atoms with Crippen LogP contribution in [0.2, 0.25) is 5.15 Å². The quantitative estimate of drug-likeness (QED) is 0.573. The van der Waals surface area contributed by atoms with Gasteiger partial charge in [-0.3, -0.25) is 4.79 Å². The maximum absolute atomic E-state index is 11.0. The van der Waals surface area contributed by atoms with Crippen molar-refractivity contribution in [1.29, 1.82) is 0 Å². The number of rotatable bonds is 3. The lowest BCUT2D eigenvalue weighted by atomic mass is 10.3. The minimum Gasteiger partial charge on any atom is -0.488 e. The fraction of sp³-hybridized carbons (Fsp3) is 0.400. The third-order valence-corrected chi connectivity index (χ3v) is 1.81. The standard InChI is InChI=1S/C10H12ClNO2/c1-6(2)14-9-5-4-8(7(3)13)12-10(9)11/h4-6H,1-3H3. The number of ether oxygens (including phenoxy) is 1. The minimum atomic E-state index is -0.108. The molecule has 0 fully saturated rings. The third-order valence-electron chi connectivity index (χ3n) is 1.54. The molecule has 0 bridgehead atoms. The second-order valence-corrected chi connectivity index (χ2v) is 3.57. The molecule has 1 rings (SSSR count). The van der Waals surface area contributed by atoms with Gasteiger partial charge in [-0.1, -0.05) is 11.6 Å². The average Bonchev–Trinajstić information content (AvgIpc) is 2.07. The molecule has 0 saturated carbocycles. The number of halogens is 1. The van der Waals surface area contributed by atoms with Crippen molar-refractivity contribution in [3.8, 4) is 5.75 Å². The van der Waals surface area contributed by atoms with Crippen molar-refractivity contribution >= 4 is 17.4 Å². The van der Waals surface area contributed by atoms with Gasteiger partial charge in [0.1, 0.15) is 5.69 Å². The van der Waals surface area contributed by atoms with Gasteiger partial charge in [-0.25, -0.2) is 4.98 Å². The number of pyridine rings is 1. The van der Waals surface area contributed by atoms with Crippen molar-refractivity contribution in [2.24, 2.45) is 0 Å². The van der Waals surface area contributed by atoms with E-state index in [2.05, 4.69) is 4.98 Å². The summed E-state index contributed by atoms with van der Waals surface area (Å²) in [5.41, 5.74) is 0.353. The summed E-state index contributed by atoms with van der Waals surface area (Å²) < 4.78 is 5.37. The van der Waals surface area contributed by atoms with Crippen LogP contribution in [0.5, 0.6) is 5.75 Å². The summed E-state index contributed by atoms with van der Waals surface area (Å²) in [5, 5.41) is 0.228. The van der Waals surface area contributed by atoms with E-state index < -0.39 is 0 Å². The zero-order valence-corrected chi connectivity index (χ0v) is 9.13. The van der Waals surface area contributed by atoms with E-state index in [4.69, 9.17) is 16.3 Å². The molecule has 0 spiro atoms. The van der Waals surface area contributed by atoms with E-state index in [1.807, 2.05) is 13.8 Å². The SMILES string of the molecule is CC(=O)c1ccc(OC(C)C)c(Cl)n1. The van der Waals surface area contributed by atoms with Gasteiger partial charge in [0.15, 0.2) is 16.7 Å². The first kappa shape index (κ1) is 11.0. The summed E-state index contributed by atoms with van der Waals surface area (Å²) >= 11 is 5.83. The molecule has 3 nitrogen and oxygen atoms in total. The maximum Gasteiger partial charge on any atom is 0.178 e. The third kappa shape index (κ3) is 2.70. The Hall–Kier alpha value is -1.09. The zero-order chi connectivity index (χ0) is 10.7. The molecule has 14 heavy (non-hydrogen) atoms. The maximum atomic E-state index is 11.0. The molecular formula is C10H12ClNO2. The molecule has 0 aliphatic carbocycles. The molecule has 0 atom stereocenters. The van der Waals surface area contributed by atoms with Gasteiger partial charge in [0.2, 0.25) is 0 Å². The highest BCUT2D eigenvalue weighted by molar-refractivity contribution is 6.31. The number of hydrogen-bond donors (Lipinski definition) is 0. The molecular weight excluding hydrogens is 202 g/mol. The predicted octanol–water partition coefficient (Wildman–Crippen LogP) is 2.72. The Balaban J connectivity index is 2.95. The predicted molar refractivity (Wildman–Crippen MR) is 55.0 cm³/mol. The van der Waals surface area contributed by atoms with Crippen molar-refractivity contribution < 1.29 is 9.53 Å². The van der Waals surface area contributed by atoms with Gasteiger partial charge in [-0.15, -0.1) is 0 Å². The van der Waals surface area contributed by atoms with Crippen molar-refractivity contribution in [3.05, 3.63) is 23.0 Å². The zero-order valence-electron chi connectivity index (χ0n) is 8.37. The van der Waals surface area contributed by atoms with Crippen LogP contribution in [0, 0.1) is 0 Å². The first-order valence-electron chi connectivity index (χ1n) is 4.35. The Morgan fingerprint density at radius 1 is 1.50 bits per heavy atom. The lowest BCUT2D eigenvalue weighted by molar-refractivity contribution is 0.101. The van der Waals surface area contributed by atoms with E-state index in [1.54, 1.807) is 12.1 Å². The van der Waals surface area contributed by atoms with Crippen LogP contribution >= 0.6 is 11.6 Å². The Morgan fingerprint density at radius 3 is 2.57 bits per heavy atom. The summed E-state index contributed by atoms with van der Waals surface area (Å²) in [6, 6.07) is 3.26. The fourth-order valence-electron chi connectivity index (χ4n) is 0.959. The van der Waals surface area contributed by atoms with Crippen LogP contribution in [0.4, 0.5) is 0 Å². The van der Waals surface area contributed by atoms with Crippen molar-refractivity contribution in [2.45, 2.75) is 26.9 Å². The average molecular weight is 214 g/mol. The lowest BCUT2D eigenvalue weighted by Gasteiger charge is -2.10. The smallest absolute Gasteiger partial charge is 0.178 e. The molecule has 1 aromatic heterocycles. The van der Waals surface area contributed by atoms with Crippen LogP contribution in [0.25, 0.3) is 0 Å². The normalized spacial score (nSPS) is 10.4. The van der Waals surface area contributed by atoms with Crippen LogP contribution in [-0.4, -0.2) is 16.9 Å². The van der Waals surface area contributed by atoms with Crippen LogP contribution in [0.3, 0.4) is 0 Å². The topological polar surface area (TPSA) is 39.2 Å². The molecule has 0 N–H and O–H groups in total. The summed E-state index contributed by atoms with van der Waals surface area (Å²) in [5.74, 6) is 0.398. The van der Waals surface area contributed by atoms with Crippen LogP contribution in [-0.2, 0) is 0 Å². The molecule has 0 radical (unpaired) electrons. The summed E-state index contributed by atoms with van der Waals surface area (Å²) in [4.78, 5) is 14.9. The van der Waals surface area contributed by atoms with Gasteiger partial charge in [0, 0.05) is 6.92 Å². The Morgan fingerprint density at radius 2 is 2.14 bits per heavy atom. The van der Waals surface area contributed by atoms with Gasteiger partial charge < -0.3 is 4.74 Å². The largest absolute Gasteiger partial charge is 0.488 e. The van der Waals surface area contributed by atoms with Crippen molar-refractivity contribution in [2.75, 3.05) is 0 Å². The van der Waals surface area contributed by atoms with E-state index in [-0.39, 0.29) is 17.0 Å². The number of hydrogen-bond acceptors (Lipinski definition) is 3. The number of carbonyl (C=O) groups is 1. The molecule has 4 heteroatoms. The molecule has 1 heterocycles. The van der Waals surface area contributed by atoms with Gasteiger partial charge in [0.25, 0.3) is 0 Å². The molecule has 1 aromatic rings. The van der Waals surface area contributed by atoms with Crippen LogP contribution in [0.15, 0.2) is 12.1 Å². The van der Waals surface area contributed by atoms with Gasteiger partial charge in [0.05, 0.1) is 6.10 Å². The molecule has 0 aliphatic heterocycles. The Labute approximate surface area is 88.1 Å². The molecule has 0 unspecified atom stereocenters. The summed E-state index contributed by atoms with van der Waals surface area (Å²) in [7, 11) is 0. The number of nitrogens with zero attached hydrogens (tertiary/aromatic N) is 1. The molecule has 0 aromatic carbocycles. The van der Waals surface area contributed by atoms with E-state index in [0.717, 1.165) is 0 Å². The second kappa shape index (κ2) is 4.42. The first-order chi connectivity index (χ1) is 6.50. The fourth-order valence-corrected chi connectivity index (χ4v) is 1.16. The molecule has 76 valence electrons. The molecule has 0 aliphatic rings. The minimum absolute atomic E-state index is 0.0393. The van der Waals surface area contributed by atoms with E-state index in [0.29, 0.717) is 11.4 Å². The first-order valence-corrected chi connectivity index (χ1v) is 4.72. The van der Waals surface area contributed by atoms with Gasteiger partial charge >= 0.3 is 0 Å². The Kier molecular flexibility index (Phi) is 3.47. The highest BCUT2D eigenvalue weighted by Crippen LogP contribution is 2.23. The van der Waals surface area contributed by atoms with E-state index in [1.165, 1.54) is 6.92 Å². The number of Topliss-reactive ketones (excluding diaryl/α,β-unsaturated/α-hetero) is 1. The number of carbonyl (C=O) groups excluding carboxylic acids is 1. The van der Waals surface area contributed by atoms with Crippen molar-refractivity contribution in [1.82, 2.24) is 4.98 Å². The lowest BCUT2D eigenvalue weighted by Crippen LogP contribution is -2.07. The van der Waals surface area contributed by atoms with E-state index >= 15 is 0 Å². The number of aromatic nitrogens is 1. The van der Waals surface area contributed by atoms with E-state index in [9.17, 15) is 4.79 Å². The van der Waals surface area contributed by atoms with Gasteiger partial charge in [-0.05, 0) is 26.0 Å².